The number of amides is 1. The Bertz CT molecular complexity index is 242. The third-order valence-electron chi connectivity index (χ3n) is 3.22. The summed E-state index contributed by atoms with van der Waals surface area (Å²) in [7, 11) is 0. The van der Waals surface area contributed by atoms with Gasteiger partial charge in [-0.05, 0) is 12.8 Å². The van der Waals surface area contributed by atoms with E-state index in [4.69, 9.17) is 0 Å². The number of alkyl halides is 3. The molecule has 0 unspecified atom stereocenters. The summed E-state index contributed by atoms with van der Waals surface area (Å²) >= 11 is 3.20. The maximum Gasteiger partial charge on any atom is 0.255 e. The highest BCUT2D eigenvalue weighted by molar-refractivity contribution is 9.09. The molecule has 0 aromatic heterocycles. The predicted molar refractivity (Wildman–Crippen MR) is 63.0 cm³/mol. The van der Waals surface area contributed by atoms with Gasteiger partial charge in [0.25, 0.3) is 6.43 Å². The number of hydrogen-bond donors (Lipinski definition) is 0. The van der Waals surface area contributed by atoms with Gasteiger partial charge >= 0.3 is 0 Å². The molecule has 94 valence electrons. The highest BCUT2D eigenvalue weighted by atomic mass is 79.9. The Hall–Kier alpha value is -0.190. The molecular weight excluding hydrogens is 280 g/mol. The van der Waals surface area contributed by atoms with Gasteiger partial charge in [0.05, 0.1) is 6.54 Å². The minimum Gasteiger partial charge on any atom is -0.336 e. The fourth-order valence-corrected chi connectivity index (χ4v) is 2.72. The zero-order chi connectivity index (χ0) is 12.2. The van der Waals surface area contributed by atoms with Crippen LogP contribution in [0.2, 0.25) is 0 Å². The molecular formula is C11H18BrF2NO. The van der Waals surface area contributed by atoms with Gasteiger partial charge in [-0.15, -0.1) is 0 Å². The molecule has 0 atom stereocenters. The van der Waals surface area contributed by atoms with E-state index in [9.17, 15) is 13.6 Å². The van der Waals surface area contributed by atoms with E-state index in [-0.39, 0.29) is 5.91 Å². The molecule has 0 spiro atoms. The summed E-state index contributed by atoms with van der Waals surface area (Å²) in [4.78, 5) is 13.5. The van der Waals surface area contributed by atoms with Crippen LogP contribution in [0.15, 0.2) is 0 Å². The van der Waals surface area contributed by atoms with E-state index in [0.717, 1.165) is 25.7 Å². The summed E-state index contributed by atoms with van der Waals surface area (Å²) in [5.41, 5.74) is -0.406. The minimum absolute atomic E-state index is 0.107. The Morgan fingerprint density at radius 3 is 2.44 bits per heavy atom. The lowest BCUT2D eigenvalue weighted by Gasteiger charge is -2.31. The van der Waals surface area contributed by atoms with Crippen molar-refractivity contribution >= 4 is 21.8 Å². The molecule has 1 aliphatic carbocycles. The summed E-state index contributed by atoms with van der Waals surface area (Å²) in [6.45, 7) is 1.81. The zero-order valence-corrected chi connectivity index (χ0v) is 11.1. The largest absolute Gasteiger partial charge is 0.336 e. The molecule has 0 bridgehead atoms. The summed E-state index contributed by atoms with van der Waals surface area (Å²) in [6.07, 6.45) is 1.26. The monoisotopic (exact) mass is 297 g/mol. The third kappa shape index (κ3) is 3.40. The Kier molecular flexibility index (Phi) is 5.15. The van der Waals surface area contributed by atoms with E-state index in [1.54, 1.807) is 0 Å². The Labute approximate surface area is 104 Å². The molecule has 0 aromatic rings. The molecule has 1 aliphatic rings. The lowest BCUT2D eigenvalue weighted by Crippen LogP contribution is -2.44. The van der Waals surface area contributed by atoms with Gasteiger partial charge in [0.15, 0.2) is 0 Å². The van der Waals surface area contributed by atoms with Crippen molar-refractivity contribution < 1.29 is 13.6 Å². The first-order chi connectivity index (χ1) is 7.49. The quantitative estimate of drug-likeness (QED) is 0.714. The summed E-state index contributed by atoms with van der Waals surface area (Å²) in [6, 6.07) is 0. The Morgan fingerprint density at radius 1 is 1.44 bits per heavy atom. The SMILES string of the molecule is CC1(C(=O)N(CCBr)CC(F)F)CCCC1. The molecule has 0 N–H and O–H groups in total. The van der Waals surface area contributed by atoms with E-state index in [1.807, 2.05) is 6.92 Å². The average molecular weight is 298 g/mol. The lowest BCUT2D eigenvalue weighted by molar-refractivity contribution is -0.142. The van der Waals surface area contributed by atoms with E-state index >= 15 is 0 Å². The van der Waals surface area contributed by atoms with E-state index in [2.05, 4.69) is 15.9 Å². The summed E-state index contributed by atoms with van der Waals surface area (Å²) in [5.74, 6) is -0.107. The van der Waals surface area contributed by atoms with Gasteiger partial charge in [-0.2, -0.15) is 0 Å². The fourth-order valence-electron chi connectivity index (χ4n) is 2.30. The molecule has 2 nitrogen and oxygen atoms in total. The van der Waals surface area contributed by atoms with Crippen molar-refractivity contribution in [2.24, 2.45) is 5.41 Å². The van der Waals surface area contributed by atoms with Crippen LogP contribution in [-0.4, -0.2) is 35.7 Å². The normalized spacial score (nSPS) is 19.1. The Balaban J connectivity index is 2.65. The first-order valence-corrected chi connectivity index (χ1v) is 6.75. The number of nitrogens with zero attached hydrogens (tertiary/aromatic N) is 1. The fraction of sp³-hybridized carbons (Fsp3) is 0.909. The van der Waals surface area contributed by atoms with Crippen molar-refractivity contribution in [2.75, 3.05) is 18.4 Å². The number of hydrogen-bond acceptors (Lipinski definition) is 1. The number of carbonyl (C=O) groups excluding carboxylic acids is 1. The highest BCUT2D eigenvalue weighted by Gasteiger charge is 2.39. The van der Waals surface area contributed by atoms with Gasteiger partial charge in [0, 0.05) is 17.3 Å². The molecule has 0 saturated heterocycles. The van der Waals surface area contributed by atoms with Gasteiger partial charge in [0.2, 0.25) is 5.91 Å². The number of halogens is 3. The maximum atomic E-state index is 12.4. The van der Waals surface area contributed by atoms with Gasteiger partial charge in [-0.1, -0.05) is 35.7 Å². The molecule has 0 heterocycles. The number of rotatable bonds is 5. The van der Waals surface area contributed by atoms with Crippen LogP contribution < -0.4 is 0 Å². The minimum atomic E-state index is -2.45. The predicted octanol–water partition coefficient (Wildman–Crippen LogP) is 3.06. The van der Waals surface area contributed by atoms with Crippen LogP contribution in [0.4, 0.5) is 8.78 Å². The molecule has 1 amide bonds. The average Bonchev–Trinajstić information content (AvgIpc) is 2.64. The van der Waals surface area contributed by atoms with Crippen LogP contribution in [0.3, 0.4) is 0 Å². The van der Waals surface area contributed by atoms with E-state index < -0.39 is 18.4 Å². The second-order valence-corrected chi connectivity index (χ2v) is 5.39. The van der Waals surface area contributed by atoms with Crippen molar-refractivity contribution in [3.63, 3.8) is 0 Å². The second-order valence-electron chi connectivity index (χ2n) is 4.60. The smallest absolute Gasteiger partial charge is 0.255 e. The van der Waals surface area contributed by atoms with Crippen molar-refractivity contribution in [2.45, 2.75) is 39.0 Å². The van der Waals surface area contributed by atoms with Crippen LogP contribution in [0.25, 0.3) is 0 Å². The van der Waals surface area contributed by atoms with Gasteiger partial charge in [-0.3, -0.25) is 4.79 Å². The molecule has 0 aliphatic heterocycles. The summed E-state index contributed by atoms with van der Waals surface area (Å²) in [5, 5.41) is 0.543. The van der Waals surface area contributed by atoms with Crippen LogP contribution in [-0.2, 0) is 4.79 Å². The van der Waals surface area contributed by atoms with Crippen molar-refractivity contribution in [1.29, 1.82) is 0 Å². The molecule has 16 heavy (non-hydrogen) atoms. The topological polar surface area (TPSA) is 20.3 Å². The van der Waals surface area contributed by atoms with E-state index in [0.29, 0.717) is 11.9 Å². The lowest BCUT2D eigenvalue weighted by atomic mass is 9.87. The first kappa shape index (κ1) is 13.9. The standard InChI is InChI=1S/C11H18BrF2NO/c1-11(4-2-3-5-11)10(16)15(7-6-12)8-9(13)14/h9H,2-8H2,1H3. The molecule has 0 radical (unpaired) electrons. The van der Waals surface area contributed by atoms with Crippen LogP contribution in [0.1, 0.15) is 32.6 Å². The van der Waals surface area contributed by atoms with Crippen LogP contribution in [0, 0.1) is 5.41 Å². The van der Waals surface area contributed by atoms with Crippen molar-refractivity contribution in [3.05, 3.63) is 0 Å². The maximum absolute atomic E-state index is 12.4. The summed E-state index contributed by atoms with van der Waals surface area (Å²) < 4.78 is 24.7. The van der Waals surface area contributed by atoms with E-state index in [1.165, 1.54) is 4.90 Å². The third-order valence-corrected chi connectivity index (χ3v) is 3.58. The van der Waals surface area contributed by atoms with Crippen molar-refractivity contribution in [3.8, 4) is 0 Å². The van der Waals surface area contributed by atoms with Gasteiger partial charge in [0.1, 0.15) is 0 Å². The van der Waals surface area contributed by atoms with Gasteiger partial charge in [-0.25, -0.2) is 8.78 Å². The number of carbonyl (C=O) groups is 1. The molecule has 1 rings (SSSR count). The van der Waals surface area contributed by atoms with Crippen molar-refractivity contribution in [1.82, 2.24) is 4.90 Å². The highest BCUT2D eigenvalue weighted by Crippen LogP contribution is 2.39. The van der Waals surface area contributed by atoms with Crippen LogP contribution >= 0.6 is 15.9 Å². The second kappa shape index (κ2) is 5.94. The van der Waals surface area contributed by atoms with Gasteiger partial charge < -0.3 is 4.90 Å². The molecule has 0 aromatic carbocycles. The Morgan fingerprint density at radius 2 is 2.00 bits per heavy atom. The zero-order valence-electron chi connectivity index (χ0n) is 9.52. The first-order valence-electron chi connectivity index (χ1n) is 5.63. The molecule has 5 heteroatoms. The molecule has 1 saturated carbocycles. The molecule has 1 fully saturated rings. The van der Waals surface area contributed by atoms with Crippen LogP contribution in [0.5, 0.6) is 0 Å².